The van der Waals surface area contributed by atoms with E-state index in [1.165, 1.54) is 22.9 Å². The molecule has 3 heterocycles. The molecule has 13 heteroatoms. The predicted molar refractivity (Wildman–Crippen MR) is 141 cm³/mol. The molecule has 0 unspecified atom stereocenters. The maximum atomic E-state index is 15.2. The van der Waals surface area contributed by atoms with Crippen LogP contribution in [0.3, 0.4) is 0 Å². The molecular weight excluding hydrogens is 529 g/mol. The highest BCUT2D eigenvalue weighted by atomic mass is 19.1. The highest BCUT2D eigenvalue weighted by Crippen LogP contribution is 2.29. The van der Waals surface area contributed by atoms with Crippen molar-refractivity contribution in [2.24, 2.45) is 0 Å². The van der Waals surface area contributed by atoms with Crippen LogP contribution in [0.15, 0.2) is 47.4 Å². The van der Waals surface area contributed by atoms with Crippen molar-refractivity contribution in [1.29, 1.82) is 0 Å². The zero-order valence-electron chi connectivity index (χ0n) is 21.6. The van der Waals surface area contributed by atoms with E-state index in [0.29, 0.717) is 30.0 Å². The third-order valence-corrected chi connectivity index (χ3v) is 7.36. The van der Waals surface area contributed by atoms with Crippen molar-refractivity contribution in [3.8, 4) is 11.4 Å². The van der Waals surface area contributed by atoms with Gasteiger partial charge in [-0.3, -0.25) is 4.79 Å². The standard InChI is InChI=1S/C27H30FN3O9/c1-29-6-8-30(9-7-29)20-11-19-16(10-18(20)28)22(33)17(26(37)38)12-31(19)14-2-4-15(5-3-14)39-27-25(36)24(35)23(34)21(13-32)40-27/h2-5,10-12,21,23-25,27,32,34-36H,6-9,13H2,1H3,(H,37,38)/t21-,23+,24+,25-,27-/m1/s1. The molecule has 2 saturated heterocycles. The van der Waals surface area contributed by atoms with Gasteiger partial charge in [0, 0.05) is 43.4 Å². The van der Waals surface area contributed by atoms with Gasteiger partial charge in [0.05, 0.1) is 17.8 Å². The quantitative estimate of drug-likeness (QED) is 0.271. The Bertz CT molecular complexity index is 1450. The monoisotopic (exact) mass is 559 g/mol. The fourth-order valence-corrected chi connectivity index (χ4v) is 4.97. The molecule has 0 aliphatic carbocycles. The second kappa shape index (κ2) is 11.1. The summed E-state index contributed by atoms with van der Waals surface area (Å²) in [7, 11) is 1.98. The number of hydrogen-bond donors (Lipinski definition) is 5. The van der Waals surface area contributed by atoms with E-state index in [9.17, 15) is 35.1 Å². The van der Waals surface area contributed by atoms with E-state index in [0.717, 1.165) is 19.2 Å². The summed E-state index contributed by atoms with van der Waals surface area (Å²) < 4.78 is 27.7. The van der Waals surface area contributed by atoms with Crippen molar-refractivity contribution < 1.29 is 44.2 Å². The van der Waals surface area contributed by atoms with Gasteiger partial charge < -0.3 is 49.4 Å². The predicted octanol–water partition coefficient (Wildman–Crippen LogP) is -0.241. The molecule has 0 bridgehead atoms. The Morgan fingerprint density at radius 3 is 2.35 bits per heavy atom. The molecule has 0 spiro atoms. The number of aromatic carboxylic acids is 1. The Kier molecular flexibility index (Phi) is 7.77. The van der Waals surface area contributed by atoms with Crippen LogP contribution < -0.4 is 15.1 Å². The Hall–Kier alpha value is -3.59. The number of pyridine rings is 1. The number of carboxylic acid groups (broad SMARTS) is 1. The van der Waals surface area contributed by atoms with Crippen LogP contribution in [-0.2, 0) is 4.74 Å². The number of carboxylic acids is 1. The van der Waals surface area contributed by atoms with Crippen molar-refractivity contribution >= 4 is 22.6 Å². The molecule has 5 rings (SSSR count). The molecule has 12 nitrogen and oxygen atoms in total. The number of piperazine rings is 1. The summed E-state index contributed by atoms with van der Waals surface area (Å²) in [4.78, 5) is 28.8. The molecule has 40 heavy (non-hydrogen) atoms. The van der Waals surface area contributed by atoms with Gasteiger partial charge >= 0.3 is 5.97 Å². The highest BCUT2D eigenvalue weighted by Gasteiger charge is 2.44. The third kappa shape index (κ3) is 5.14. The van der Waals surface area contributed by atoms with Crippen LogP contribution in [0.2, 0.25) is 0 Å². The van der Waals surface area contributed by atoms with Gasteiger partial charge in [-0.1, -0.05) is 0 Å². The van der Waals surface area contributed by atoms with Gasteiger partial charge in [0.1, 0.15) is 41.5 Å². The number of aliphatic hydroxyl groups excluding tert-OH is 4. The Morgan fingerprint density at radius 2 is 1.73 bits per heavy atom. The number of nitrogens with zero attached hydrogens (tertiary/aromatic N) is 3. The zero-order valence-corrected chi connectivity index (χ0v) is 21.6. The SMILES string of the molecule is CN1CCN(c2cc3c(cc2F)c(=O)c(C(=O)O)cn3-c2ccc(O[C@@H]3O[C@H](CO)[C@H](O)[C@H](O)[C@H]3O)cc2)CC1. The van der Waals surface area contributed by atoms with Gasteiger partial charge in [0.2, 0.25) is 11.7 Å². The fourth-order valence-electron chi connectivity index (χ4n) is 4.97. The first-order valence-corrected chi connectivity index (χ1v) is 12.7. The number of halogens is 1. The molecule has 2 aliphatic rings. The number of anilines is 1. The molecular formula is C27H30FN3O9. The van der Waals surface area contributed by atoms with Crippen LogP contribution in [0.5, 0.6) is 5.75 Å². The summed E-state index contributed by atoms with van der Waals surface area (Å²) >= 11 is 0. The van der Waals surface area contributed by atoms with Crippen LogP contribution in [0.4, 0.5) is 10.1 Å². The lowest BCUT2D eigenvalue weighted by Gasteiger charge is -2.39. The number of carbonyl (C=O) groups is 1. The number of ether oxygens (including phenoxy) is 2. The molecule has 0 radical (unpaired) electrons. The highest BCUT2D eigenvalue weighted by molar-refractivity contribution is 5.94. The van der Waals surface area contributed by atoms with Crippen LogP contribution >= 0.6 is 0 Å². The average molecular weight is 560 g/mol. The van der Waals surface area contributed by atoms with Gasteiger partial charge in [-0.05, 0) is 43.4 Å². The lowest BCUT2D eigenvalue weighted by atomic mass is 9.99. The van der Waals surface area contributed by atoms with E-state index in [1.54, 1.807) is 18.2 Å². The van der Waals surface area contributed by atoms with E-state index in [-0.39, 0.29) is 11.1 Å². The normalized spacial score (nSPS) is 25.8. The molecule has 0 amide bonds. The molecule has 2 aromatic carbocycles. The maximum Gasteiger partial charge on any atom is 0.341 e. The molecule has 2 aliphatic heterocycles. The minimum Gasteiger partial charge on any atom is -0.477 e. The first-order chi connectivity index (χ1) is 19.1. The van der Waals surface area contributed by atoms with Crippen LogP contribution in [0.25, 0.3) is 16.6 Å². The Morgan fingerprint density at radius 1 is 1.05 bits per heavy atom. The largest absolute Gasteiger partial charge is 0.477 e. The lowest BCUT2D eigenvalue weighted by Crippen LogP contribution is -2.60. The average Bonchev–Trinajstić information content (AvgIpc) is 2.94. The van der Waals surface area contributed by atoms with E-state index in [2.05, 4.69) is 4.90 Å². The van der Waals surface area contributed by atoms with Crippen molar-refractivity contribution in [3.63, 3.8) is 0 Å². The smallest absolute Gasteiger partial charge is 0.341 e. The van der Waals surface area contributed by atoms with E-state index in [1.807, 2.05) is 11.9 Å². The second-order valence-corrected chi connectivity index (χ2v) is 9.97. The van der Waals surface area contributed by atoms with Gasteiger partial charge in [-0.15, -0.1) is 0 Å². The second-order valence-electron chi connectivity index (χ2n) is 9.97. The molecule has 0 saturated carbocycles. The zero-order chi connectivity index (χ0) is 28.7. The van der Waals surface area contributed by atoms with Crippen molar-refractivity contribution in [1.82, 2.24) is 9.47 Å². The van der Waals surface area contributed by atoms with Gasteiger partial charge in [-0.2, -0.15) is 0 Å². The molecule has 5 atom stereocenters. The third-order valence-electron chi connectivity index (χ3n) is 7.36. The summed E-state index contributed by atoms with van der Waals surface area (Å²) in [5, 5.41) is 49.1. The van der Waals surface area contributed by atoms with Crippen LogP contribution in [0, 0.1) is 5.82 Å². The van der Waals surface area contributed by atoms with Gasteiger partial charge in [0.15, 0.2) is 0 Å². The number of benzene rings is 2. The summed E-state index contributed by atoms with van der Waals surface area (Å²) in [5.41, 5.74) is -0.275. The van der Waals surface area contributed by atoms with Crippen LogP contribution in [-0.4, -0.2) is 112 Å². The van der Waals surface area contributed by atoms with E-state index >= 15 is 4.39 Å². The van der Waals surface area contributed by atoms with Crippen molar-refractivity contribution in [2.45, 2.75) is 30.7 Å². The Balaban J connectivity index is 1.52. The number of rotatable bonds is 6. The number of aliphatic hydroxyl groups is 4. The number of likely N-dealkylation sites (N-methyl/N-ethyl adjacent to an activating group) is 1. The molecule has 214 valence electrons. The molecule has 5 N–H and O–H groups in total. The summed E-state index contributed by atoms with van der Waals surface area (Å²) in [5.74, 6) is -1.88. The summed E-state index contributed by atoms with van der Waals surface area (Å²) in [6.45, 7) is 2.03. The number of hydrogen-bond acceptors (Lipinski definition) is 10. The lowest BCUT2D eigenvalue weighted by molar-refractivity contribution is -0.277. The Labute approximate surface area is 227 Å². The number of aromatic nitrogens is 1. The molecule has 3 aromatic rings. The minimum atomic E-state index is -1.60. The first kappa shape index (κ1) is 28.0. The van der Waals surface area contributed by atoms with Gasteiger partial charge in [0.25, 0.3) is 0 Å². The van der Waals surface area contributed by atoms with Crippen LogP contribution in [0.1, 0.15) is 10.4 Å². The molecule has 2 fully saturated rings. The maximum absolute atomic E-state index is 15.2. The summed E-state index contributed by atoms with van der Waals surface area (Å²) in [6.07, 6.45) is -6.07. The van der Waals surface area contributed by atoms with Crippen molar-refractivity contribution in [3.05, 3.63) is 64.2 Å². The molecule has 1 aromatic heterocycles. The fraction of sp³-hybridized carbons (Fsp3) is 0.407. The van der Waals surface area contributed by atoms with E-state index < -0.39 is 60.1 Å². The first-order valence-electron chi connectivity index (χ1n) is 12.7. The number of fused-ring (bicyclic) bond motifs is 1. The summed E-state index contributed by atoms with van der Waals surface area (Å²) in [6, 6.07) is 8.73. The minimum absolute atomic E-state index is 0.0862. The van der Waals surface area contributed by atoms with Gasteiger partial charge in [-0.25, -0.2) is 9.18 Å². The van der Waals surface area contributed by atoms with Crippen molar-refractivity contribution in [2.75, 3.05) is 44.7 Å². The van der Waals surface area contributed by atoms with E-state index in [4.69, 9.17) is 9.47 Å². The topological polar surface area (TPSA) is 165 Å².